The van der Waals surface area contributed by atoms with E-state index in [-0.39, 0.29) is 6.10 Å². The fourth-order valence-electron chi connectivity index (χ4n) is 1.78. The third-order valence-corrected chi connectivity index (χ3v) is 2.71. The van der Waals surface area contributed by atoms with Gasteiger partial charge < -0.3 is 15.2 Å². The Bertz CT molecular complexity index is 365. The van der Waals surface area contributed by atoms with Gasteiger partial charge in [-0.15, -0.1) is 0 Å². The number of hydrogen-bond donors (Lipinski definition) is 1. The molecule has 0 saturated carbocycles. The molecule has 0 radical (unpaired) electrons. The molecule has 1 atom stereocenters. The summed E-state index contributed by atoms with van der Waals surface area (Å²) in [5.41, 5.74) is 5.74. The number of nitrogens with two attached hydrogens (primary N) is 1. The first-order chi connectivity index (χ1) is 8.29. The summed E-state index contributed by atoms with van der Waals surface area (Å²) in [4.78, 5) is 8.55. The lowest BCUT2D eigenvalue weighted by Gasteiger charge is -2.11. The average Bonchev–Trinajstić information content (AvgIpc) is 2.82. The molecule has 0 aromatic carbocycles. The molecule has 2 heterocycles. The van der Waals surface area contributed by atoms with Crippen molar-refractivity contribution in [2.24, 2.45) is 0 Å². The molecule has 0 spiro atoms. The van der Waals surface area contributed by atoms with E-state index in [1.54, 1.807) is 6.07 Å². The minimum atomic E-state index is -0.0213. The van der Waals surface area contributed by atoms with Gasteiger partial charge in [0.25, 0.3) is 0 Å². The summed E-state index contributed by atoms with van der Waals surface area (Å²) in [6.45, 7) is 3.56. The van der Waals surface area contributed by atoms with E-state index in [1.807, 2.05) is 0 Å². The molecule has 94 valence electrons. The smallest absolute Gasteiger partial charge is 0.218 e. The molecular weight excluding hydrogens is 218 g/mol. The predicted molar refractivity (Wildman–Crippen MR) is 64.8 cm³/mol. The zero-order chi connectivity index (χ0) is 12.1. The van der Waals surface area contributed by atoms with E-state index in [0.29, 0.717) is 24.1 Å². The Balaban J connectivity index is 2.05. The summed E-state index contributed by atoms with van der Waals surface area (Å²) in [5.74, 6) is 1.64. The van der Waals surface area contributed by atoms with Crippen LogP contribution in [0.1, 0.15) is 44.5 Å². The highest BCUT2D eigenvalue weighted by Gasteiger charge is 2.21. The molecule has 0 bridgehead atoms. The van der Waals surface area contributed by atoms with E-state index >= 15 is 0 Å². The fraction of sp³-hybridized carbons (Fsp3) is 0.667. The summed E-state index contributed by atoms with van der Waals surface area (Å²) in [6, 6.07) is 1.66. The Morgan fingerprint density at radius 3 is 3.12 bits per heavy atom. The second-order valence-electron chi connectivity index (χ2n) is 4.19. The van der Waals surface area contributed by atoms with E-state index in [9.17, 15) is 0 Å². The number of nitrogens with zero attached hydrogens (tertiary/aromatic N) is 2. The van der Waals surface area contributed by atoms with E-state index in [0.717, 1.165) is 32.3 Å². The van der Waals surface area contributed by atoms with Crippen LogP contribution in [0.2, 0.25) is 0 Å². The summed E-state index contributed by atoms with van der Waals surface area (Å²) >= 11 is 0. The van der Waals surface area contributed by atoms with Crippen molar-refractivity contribution in [1.82, 2.24) is 9.97 Å². The van der Waals surface area contributed by atoms with Gasteiger partial charge in [-0.1, -0.05) is 13.3 Å². The highest BCUT2D eigenvalue weighted by Crippen LogP contribution is 2.27. The lowest BCUT2D eigenvalue weighted by molar-refractivity contribution is 0.104. The van der Waals surface area contributed by atoms with Crippen molar-refractivity contribution in [2.75, 3.05) is 18.9 Å². The van der Waals surface area contributed by atoms with Crippen molar-refractivity contribution >= 4 is 5.82 Å². The number of aromatic nitrogens is 2. The second-order valence-corrected chi connectivity index (χ2v) is 4.19. The second kappa shape index (κ2) is 5.82. The number of hydrogen-bond acceptors (Lipinski definition) is 5. The van der Waals surface area contributed by atoms with Gasteiger partial charge in [0.15, 0.2) is 5.82 Å². The maximum Gasteiger partial charge on any atom is 0.218 e. The molecule has 1 unspecified atom stereocenters. The molecule has 1 fully saturated rings. The summed E-state index contributed by atoms with van der Waals surface area (Å²) in [6.07, 6.45) is 4.09. The van der Waals surface area contributed by atoms with Crippen LogP contribution in [0, 0.1) is 0 Å². The lowest BCUT2D eigenvalue weighted by Crippen LogP contribution is -2.08. The number of ether oxygens (including phenoxy) is 2. The highest BCUT2D eigenvalue weighted by atomic mass is 16.5. The first-order valence-corrected chi connectivity index (χ1v) is 6.18. The maximum absolute atomic E-state index is 5.74. The van der Waals surface area contributed by atoms with Gasteiger partial charge in [-0.2, -0.15) is 4.98 Å². The molecule has 1 aromatic heterocycles. The molecular formula is C12H19N3O2. The van der Waals surface area contributed by atoms with Gasteiger partial charge in [0.1, 0.15) is 11.9 Å². The van der Waals surface area contributed by atoms with Crippen molar-refractivity contribution in [3.63, 3.8) is 0 Å². The van der Waals surface area contributed by atoms with Crippen LogP contribution in [0.5, 0.6) is 5.88 Å². The SMILES string of the molecule is CCCCOc1cc(N)nc(C2CCCO2)n1. The molecule has 2 N–H and O–H groups in total. The first-order valence-electron chi connectivity index (χ1n) is 6.18. The standard InChI is InChI=1S/C12H19N3O2/c1-2-3-6-17-11-8-10(13)14-12(15-11)9-5-4-7-16-9/h8-9H,2-7H2,1H3,(H2,13,14,15). The Morgan fingerprint density at radius 1 is 1.53 bits per heavy atom. The number of anilines is 1. The van der Waals surface area contributed by atoms with Crippen molar-refractivity contribution in [2.45, 2.75) is 38.7 Å². The molecule has 17 heavy (non-hydrogen) atoms. The number of rotatable bonds is 5. The molecule has 0 aliphatic carbocycles. The van der Waals surface area contributed by atoms with E-state index < -0.39 is 0 Å². The van der Waals surface area contributed by atoms with Gasteiger partial charge in [0.2, 0.25) is 5.88 Å². The van der Waals surface area contributed by atoms with Crippen LogP contribution in [-0.2, 0) is 4.74 Å². The summed E-state index contributed by atoms with van der Waals surface area (Å²) in [7, 11) is 0. The van der Waals surface area contributed by atoms with Crippen molar-refractivity contribution in [3.05, 3.63) is 11.9 Å². The molecule has 1 aliphatic rings. The molecule has 5 nitrogen and oxygen atoms in total. The Labute approximate surface area is 101 Å². The first kappa shape index (κ1) is 12.1. The molecule has 5 heteroatoms. The summed E-state index contributed by atoms with van der Waals surface area (Å²) in [5, 5.41) is 0. The van der Waals surface area contributed by atoms with E-state index in [2.05, 4.69) is 16.9 Å². The van der Waals surface area contributed by atoms with Gasteiger partial charge in [0, 0.05) is 12.7 Å². The number of unbranched alkanes of at least 4 members (excludes halogenated alkanes) is 1. The molecule has 1 saturated heterocycles. The van der Waals surface area contributed by atoms with Gasteiger partial charge in [0.05, 0.1) is 6.61 Å². The van der Waals surface area contributed by atoms with Gasteiger partial charge in [-0.3, -0.25) is 0 Å². The third kappa shape index (κ3) is 3.30. The Kier molecular flexibility index (Phi) is 4.14. The zero-order valence-electron chi connectivity index (χ0n) is 10.2. The normalized spacial score (nSPS) is 19.5. The molecule has 2 rings (SSSR count). The third-order valence-electron chi connectivity index (χ3n) is 2.71. The maximum atomic E-state index is 5.74. The van der Waals surface area contributed by atoms with E-state index in [1.165, 1.54) is 0 Å². The van der Waals surface area contributed by atoms with Crippen LogP contribution in [-0.4, -0.2) is 23.2 Å². The van der Waals surface area contributed by atoms with Gasteiger partial charge >= 0.3 is 0 Å². The highest BCUT2D eigenvalue weighted by molar-refractivity contribution is 5.33. The van der Waals surface area contributed by atoms with Crippen molar-refractivity contribution in [3.8, 4) is 5.88 Å². The number of nitrogen functional groups attached to an aromatic ring is 1. The quantitative estimate of drug-likeness (QED) is 0.794. The van der Waals surface area contributed by atoms with Crippen LogP contribution in [0.3, 0.4) is 0 Å². The largest absolute Gasteiger partial charge is 0.478 e. The van der Waals surface area contributed by atoms with Gasteiger partial charge in [-0.05, 0) is 19.3 Å². The van der Waals surface area contributed by atoms with Crippen LogP contribution < -0.4 is 10.5 Å². The predicted octanol–water partition coefficient (Wildman–Crippen LogP) is 2.09. The van der Waals surface area contributed by atoms with Crippen molar-refractivity contribution < 1.29 is 9.47 Å². The lowest BCUT2D eigenvalue weighted by atomic mass is 10.2. The molecule has 1 aromatic rings. The van der Waals surface area contributed by atoms with Crippen molar-refractivity contribution in [1.29, 1.82) is 0 Å². The zero-order valence-corrected chi connectivity index (χ0v) is 10.2. The Hall–Kier alpha value is -1.36. The van der Waals surface area contributed by atoms with Crippen LogP contribution in [0.4, 0.5) is 5.82 Å². The van der Waals surface area contributed by atoms with Crippen LogP contribution >= 0.6 is 0 Å². The Morgan fingerprint density at radius 2 is 2.41 bits per heavy atom. The topological polar surface area (TPSA) is 70.3 Å². The average molecular weight is 237 g/mol. The van der Waals surface area contributed by atoms with Gasteiger partial charge in [-0.25, -0.2) is 4.98 Å². The van der Waals surface area contributed by atoms with Crippen LogP contribution in [0.25, 0.3) is 0 Å². The fourth-order valence-corrected chi connectivity index (χ4v) is 1.78. The monoisotopic (exact) mass is 237 g/mol. The minimum Gasteiger partial charge on any atom is -0.478 e. The van der Waals surface area contributed by atoms with Crippen LogP contribution in [0.15, 0.2) is 6.07 Å². The minimum absolute atomic E-state index is 0.0213. The summed E-state index contributed by atoms with van der Waals surface area (Å²) < 4.78 is 11.1. The molecule has 1 aliphatic heterocycles. The van der Waals surface area contributed by atoms with E-state index in [4.69, 9.17) is 15.2 Å². The molecule has 0 amide bonds.